The second-order valence-electron chi connectivity index (χ2n) is 5.07. The zero-order valence-electron chi connectivity index (χ0n) is 14.2. The van der Waals surface area contributed by atoms with Crippen molar-refractivity contribution in [2.45, 2.75) is 4.90 Å². The molecule has 1 N–H and O–H groups in total. The summed E-state index contributed by atoms with van der Waals surface area (Å²) >= 11 is 4.84. The lowest BCUT2D eigenvalue weighted by Crippen LogP contribution is -2.21. The monoisotopic (exact) mass is 435 g/mol. The number of ether oxygens (including phenoxy) is 2. The Morgan fingerprint density at radius 1 is 1.27 bits per heavy atom. The number of benzene rings is 2. The number of carbonyl (C=O) groups excluding carboxylic acids is 2. The topological polar surface area (TPSA) is 64.6 Å². The fraction of sp³-hybridized carbons (Fsp3) is 0.158. The molecule has 0 heterocycles. The number of thioether (sulfide) groups is 1. The number of esters is 1. The average Bonchev–Trinajstić information content (AvgIpc) is 2.66. The van der Waals surface area contributed by atoms with Crippen molar-refractivity contribution >= 4 is 45.3 Å². The third-order valence-corrected chi connectivity index (χ3v) is 5.01. The molecule has 0 fully saturated rings. The van der Waals surface area contributed by atoms with E-state index in [2.05, 4.69) is 27.8 Å². The zero-order valence-corrected chi connectivity index (χ0v) is 16.6. The molecule has 0 aliphatic heterocycles. The van der Waals surface area contributed by atoms with Gasteiger partial charge in [0.05, 0.1) is 18.4 Å². The van der Waals surface area contributed by atoms with Gasteiger partial charge in [0, 0.05) is 15.1 Å². The predicted octanol–water partition coefficient (Wildman–Crippen LogP) is 4.53. The quantitative estimate of drug-likeness (QED) is 0.374. The van der Waals surface area contributed by atoms with Crippen LogP contribution in [0.4, 0.5) is 5.69 Å². The van der Waals surface area contributed by atoms with Gasteiger partial charge in [0.1, 0.15) is 5.75 Å². The van der Waals surface area contributed by atoms with Crippen LogP contribution in [0.25, 0.3) is 0 Å². The number of methoxy groups -OCH3 is 1. The van der Waals surface area contributed by atoms with Crippen molar-refractivity contribution in [1.29, 1.82) is 0 Å². The number of nitrogens with one attached hydrogen (secondary N) is 1. The minimum atomic E-state index is -0.611. The molecule has 0 aliphatic rings. The molecule has 0 aromatic heterocycles. The van der Waals surface area contributed by atoms with Crippen molar-refractivity contribution in [2.24, 2.45) is 0 Å². The van der Waals surface area contributed by atoms with Gasteiger partial charge in [-0.3, -0.25) is 4.79 Å². The van der Waals surface area contributed by atoms with E-state index in [-0.39, 0.29) is 6.61 Å². The smallest absolute Gasteiger partial charge is 0.339 e. The van der Waals surface area contributed by atoms with Gasteiger partial charge < -0.3 is 14.8 Å². The SMILES string of the molecule is C=CCSc1ccccc1NC(=O)COC(=O)c1cc(OC)ccc1Br. The first-order chi connectivity index (χ1) is 12.5. The Balaban J connectivity index is 1.97. The highest BCUT2D eigenvalue weighted by molar-refractivity contribution is 9.10. The first kappa shape index (κ1) is 20.1. The van der Waals surface area contributed by atoms with E-state index in [0.717, 1.165) is 10.6 Å². The summed E-state index contributed by atoms with van der Waals surface area (Å²) in [5.41, 5.74) is 0.960. The number of rotatable bonds is 8. The highest BCUT2D eigenvalue weighted by Crippen LogP contribution is 2.27. The standard InChI is InChI=1S/C19H18BrNO4S/c1-3-10-26-17-7-5-4-6-16(17)21-18(22)12-25-19(23)14-11-13(24-2)8-9-15(14)20/h3-9,11H,1,10,12H2,2H3,(H,21,22). The molecular weight excluding hydrogens is 418 g/mol. The van der Waals surface area contributed by atoms with Gasteiger partial charge in [-0.25, -0.2) is 4.79 Å². The van der Waals surface area contributed by atoms with Crippen LogP contribution in [0.1, 0.15) is 10.4 Å². The molecule has 0 unspecified atom stereocenters. The maximum atomic E-state index is 12.2. The molecule has 2 aromatic rings. The van der Waals surface area contributed by atoms with Gasteiger partial charge in [0.25, 0.3) is 5.91 Å². The molecule has 0 spiro atoms. The van der Waals surface area contributed by atoms with Crippen LogP contribution in [0.15, 0.2) is 64.5 Å². The van der Waals surface area contributed by atoms with Crippen molar-refractivity contribution in [3.05, 3.63) is 65.2 Å². The summed E-state index contributed by atoms with van der Waals surface area (Å²) in [5, 5.41) is 2.76. The van der Waals surface area contributed by atoms with Gasteiger partial charge in [-0.15, -0.1) is 18.3 Å². The predicted molar refractivity (Wildman–Crippen MR) is 107 cm³/mol. The Morgan fingerprint density at radius 3 is 2.77 bits per heavy atom. The second-order valence-corrected chi connectivity index (χ2v) is 6.98. The number of halogens is 1. The summed E-state index contributed by atoms with van der Waals surface area (Å²) < 4.78 is 10.8. The van der Waals surface area contributed by atoms with E-state index < -0.39 is 11.9 Å². The van der Waals surface area contributed by atoms with E-state index in [1.54, 1.807) is 42.1 Å². The van der Waals surface area contributed by atoms with Crippen molar-refractivity contribution in [3.8, 4) is 5.75 Å². The summed E-state index contributed by atoms with van der Waals surface area (Å²) in [5.74, 6) is 0.230. The van der Waals surface area contributed by atoms with Gasteiger partial charge in [0.15, 0.2) is 6.61 Å². The molecular formula is C19H18BrNO4S. The van der Waals surface area contributed by atoms with E-state index in [4.69, 9.17) is 9.47 Å². The van der Waals surface area contributed by atoms with Crippen molar-refractivity contribution in [1.82, 2.24) is 0 Å². The van der Waals surface area contributed by atoms with E-state index in [9.17, 15) is 9.59 Å². The van der Waals surface area contributed by atoms with E-state index in [0.29, 0.717) is 21.5 Å². The van der Waals surface area contributed by atoms with Crippen molar-refractivity contribution < 1.29 is 19.1 Å². The molecule has 0 saturated carbocycles. The third kappa shape index (κ3) is 5.64. The van der Waals surface area contributed by atoms with Gasteiger partial charge in [-0.05, 0) is 46.3 Å². The van der Waals surface area contributed by atoms with Crippen LogP contribution in [0.3, 0.4) is 0 Å². The maximum absolute atomic E-state index is 12.2. The molecule has 26 heavy (non-hydrogen) atoms. The molecule has 0 saturated heterocycles. The van der Waals surface area contributed by atoms with Crippen LogP contribution in [-0.4, -0.2) is 31.3 Å². The lowest BCUT2D eigenvalue weighted by Gasteiger charge is -2.11. The summed E-state index contributed by atoms with van der Waals surface area (Å²) in [6.45, 7) is 3.30. The normalized spacial score (nSPS) is 10.1. The Bertz CT molecular complexity index is 810. The van der Waals surface area contributed by atoms with Gasteiger partial charge in [-0.1, -0.05) is 18.2 Å². The van der Waals surface area contributed by atoms with Crippen LogP contribution in [-0.2, 0) is 9.53 Å². The molecule has 2 aromatic carbocycles. The maximum Gasteiger partial charge on any atom is 0.339 e. The van der Waals surface area contributed by atoms with E-state index in [1.807, 2.05) is 18.2 Å². The number of hydrogen-bond acceptors (Lipinski definition) is 5. The Kier molecular flexibility index (Phi) is 7.74. The minimum absolute atomic E-state index is 0.291. The summed E-state index contributed by atoms with van der Waals surface area (Å²) in [6.07, 6.45) is 1.79. The highest BCUT2D eigenvalue weighted by atomic mass is 79.9. The highest BCUT2D eigenvalue weighted by Gasteiger charge is 2.15. The third-order valence-electron chi connectivity index (χ3n) is 3.25. The Labute approximate surface area is 164 Å². The zero-order chi connectivity index (χ0) is 18.9. The van der Waals surface area contributed by atoms with Crippen LogP contribution in [0.5, 0.6) is 5.75 Å². The molecule has 0 atom stereocenters. The average molecular weight is 436 g/mol. The molecule has 136 valence electrons. The molecule has 2 rings (SSSR count). The first-order valence-electron chi connectivity index (χ1n) is 7.68. The largest absolute Gasteiger partial charge is 0.497 e. The molecule has 1 amide bonds. The molecule has 7 heteroatoms. The molecule has 5 nitrogen and oxygen atoms in total. The Hall–Kier alpha value is -2.25. The number of carbonyl (C=O) groups is 2. The summed E-state index contributed by atoms with van der Waals surface area (Å²) in [7, 11) is 1.51. The molecule has 0 radical (unpaired) electrons. The summed E-state index contributed by atoms with van der Waals surface area (Å²) in [6, 6.07) is 12.4. The lowest BCUT2D eigenvalue weighted by atomic mass is 10.2. The Morgan fingerprint density at radius 2 is 2.04 bits per heavy atom. The van der Waals surface area contributed by atoms with Crippen LogP contribution >= 0.6 is 27.7 Å². The van der Waals surface area contributed by atoms with E-state index in [1.165, 1.54) is 7.11 Å². The minimum Gasteiger partial charge on any atom is -0.497 e. The van der Waals surface area contributed by atoms with Gasteiger partial charge in [-0.2, -0.15) is 0 Å². The molecule has 0 bridgehead atoms. The number of hydrogen-bond donors (Lipinski definition) is 1. The van der Waals surface area contributed by atoms with Crippen LogP contribution < -0.4 is 10.1 Å². The summed E-state index contributed by atoms with van der Waals surface area (Å²) in [4.78, 5) is 25.2. The fourth-order valence-electron chi connectivity index (χ4n) is 2.03. The first-order valence-corrected chi connectivity index (χ1v) is 9.46. The number of para-hydroxylation sites is 1. The van der Waals surface area contributed by atoms with E-state index >= 15 is 0 Å². The van der Waals surface area contributed by atoms with Crippen LogP contribution in [0.2, 0.25) is 0 Å². The van der Waals surface area contributed by atoms with Gasteiger partial charge >= 0.3 is 5.97 Å². The van der Waals surface area contributed by atoms with Crippen molar-refractivity contribution in [3.63, 3.8) is 0 Å². The van der Waals surface area contributed by atoms with Gasteiger partial charge in [0.2, 0.25) is 0 Å². The number of anilines is 1. The second kappa shape index (κ2) is 10.0. The number of amides is 1. The lowest BCUT2D eigenvalue weighted by molar-refractivity contribution is -0.119. The van der Waals surface area contributed by atoms with Crippen LogP contribution in [0, 0.1) is 0 Å². The van der Waals surface area contributed by atoms with Crippen molar-refractivity contribution in [2.75, 3.05) is 24.8 Å². The fourth-order valence-corrected chi connectivity index (χ4v) is 3.18. The molecule has 0 aliphatic carbocycles.